The molecule has 1 aromatic rings. The molecule has 1 amide bonds. The number of rotatable bonds is 5. The lowest BCUT2D eigenvalue weighted by atomic mass is 9.94. The van der Waals surface area contributed by atoms with Crippen molar-refractivity contribution in [2.75, 3.05) is 17.2 Å². The minimum atomic E-state index is -0.0340. The molecule has 6 heteroatoms. The summed E-state index contributed by atoms with van der Waals surface area (Å²) < 4.78 is 1.81. The monoisotopic (exact) mass is 336 g/mol. The molecule has 2 fully saturated rings. The van der Waals surface area contributed by atoms with Crippen LogP contribution in [0.25, 0.3) is 0 Å². The fourth-order valence-corrected chi connectivity index (χ4v) is 5.08. The van der Waals surface area contributed by atoms with Gasteiger partial charge in [-0.15, -0.1) is 0 Å². The van der Waals surface area contributed by atoms with Crippen molar-refractivity contribution in [2.24, 2.45) is 7.05 Å². The normalized spacial score (nSPS) is 28.6. The lowest BCUT2D eigenvalue weighted by molar-refractivity contribution is -0.119. The molecular weight excluding hydrogens is 308 g/mol. The number of aromatic nitrogens is 2. The number of hydrogen-bond acceptors (Lipinski definition) is 4. The van der Waals surface area contributed by atoms with Gasteiger partial charge in [0.2, 0.25) is 5.91 Å². The van der Waals surface area contributed by atoms with Gasteiger partial charge in [0.05, 0.1) is 11.7 Å². The van der Waals surface area contributed by atoms with Crippen molar-refractivity contribution in [1.82, 2.24) is 15.1 Å². The molecule has 1 aliphatic carbocycles. The van der Waals surface area contributed by atoms with Gasteiger partial charge < -0.3 is 5.32 Å². The van der Waals surface area contributed by atoms with Gasteiger partial charge in [0.1, 0.15) is 5.82 Å². The van der Waals surface area contributed by atoms with Crippen LogP contribution in [0.5, 0.6) is 0 Å². The fraction of sp³-hybridized carbons (Fsp3) is 0.765. The van der Waals surface area contributed by atoms with Gasteiger partial charge in [-0.05, 0) is 31.9 Å². The van der Waals surface area contributed by atoms with Gasteiger partial charge in [0, 0.05) is 31.0 Å². The Hall–Kier alpha value is -1.01. The Bertz CT molecular complexity index is 557. The Kier molecular flexibility index (Phi) is 5.31. The molecule has 2 aliphatic rings. The van der Waals surface area contributed by atoms with Crippen LogP contribution in [0.1, 0.15) is 44.7 Å². The number of nitrogens with one attached hydrogen (secondary N) is 1. The summed E-state index contributed by atoms with van der Waals surface area (Å²) in [6, 6.07) is 2.44. The zero-order valence-electron chi connectivity index (χ0n) is 14.4. The van der Waals surface area contributed by atoms with E-state index in [1.165, 1.54) is 25.7 Å². The van der Waals surface area contributed by atoms with Crippen LogP contribution >= 0.6 is 11.8 Å². The molecule has 0 spiro atoms. The van der Waals surface area contributed by atoms with Crippen LogP contribution < -0.4 is 10.2 Å². The summed E-state index contributed by atoms with van der Waals surface area (Å²) in [6.45, 7) is 4.98. The Morgan fingerprint density at radius 2 is 2.13 bits per heavy atom. The number of nitrogens with zero attached hydrogens (tertiary/aromatic N) is 3. The molecule has 0 radical (unpaired) electrons. The Balaban J connectivity index is 1.65. The molecule has 1 saturated heterocycles. The van der Waals surface area contributed by atoms with Gasteiger partial charge >= 0.3 is 0 Å². The zero-order valence-corrected chi connectivity index (χ0v) is 15.2. The van der Waals surface area contributed by atoms with Crippen molar-refractivity contribution in [3.8, 4) is 0 Å². The summed E-state index contributed by atoms with van der Waals surface area (Å²) in [4.78, 5) is 14.7. The van der Waals surface area contributed by atoms with Gasteiger partial charge in [-0.1, -0.05) is 19.8 Å². The van der Waals surface area contributed by atoms with E-state index < -0.39 is 0 Å². The van der Waals surface area contributed by atoms with Crippen molar-refractivity contribution in [1.29, 1.82) is 0 Å². The third-order valence-electron chi connectivity index (χ3n) is 4.96. The van der Waals surface area contributed by atoms with E-state index >= 15 is 0 Å². The average Bonchev–Trinajstić information content (AvgIpc) is 3.04. The summed E-state index contributed by atoms with van der Waals surface area (Å²) >= 11 is 2.05. The van der Waals surface area contributed by atoms with Crippen LogP contribution in [0.2, 0.25) is 0 Å². The molecular formula is C17H28N4OS. The molecule has 0 aromatic carbocycles. The molecule has 128 valence electrons. The maximum atomic E-state index is 12.8. The lowest BCUT2D eigenvalue weighted by Crippen LogP contribution is -2.49. The van der Waals surface area contributed by atoms with E-state index in [1.807, 2.05) is 41.4 Å². The second-order valence-corrected chi connectivity index (χ2v) is 8.17. The van der Waals surface area contributed by atoms with E-state index in [0.717, 1.165) is 30.2 Å². The number of carbonyl (C=O) groups is 1. The highest BCUT2D eigenvalue weighted by Crippen LogP contribution is 2.30. The fourth-order valence-electron chi connectivity index (χ4n) is 3.87. The average molecular weight is 337 g/mol. The summed E-state index contributed by atoms with van der Waals surface area (Å²) in [5, 5.41) is 8.71. The Morgan fingerprint density at radius 1 is 1.35 bits per heavy atom. The number of aryl methyl sites for hydroxylation is 2. The SMILES string of the molecule is CCSC1CCCCC1NC1CCN(c2cc(C)nn2C)C1=O. The van der Waals surface area contributed by atoms with Gasteiger partial charge in [0.15, 0.2) is 0 Å². The smallest absolute Gasteiger partial charge is 0.245 e. The van der Waals surface area contributed by atoms with Gasteiger partial charge in [0.25, 0.3) is 0 Å². The topological polar surface area (TPSA) is 50.2 Å². The van der Waals surface area contributed by atoms with Crippen molar-refractivity contribution in [2.45, 2.75) is 63.3 Å². The number of thioether (sulfide) groups is 1. The highest BCUT2D eigenvalue weighted by Gasteiger charge is 2.37. The maximum absolute atomic E-state index is 12.8. The van der Waals surface area contributed by atoms with Crippen molar-refractivity contribution in [3.05, 3.63) is 11.8 Å². The minimum Gasteiger partial charge on any atom is -0.302 e. The van der Waals surface area contributed by atoms with E-state index in [-0.39, 0.29) is 11.9 Å². The highest BCUT2D eigenvalue weighted by molar-refractivity contribution is 7.99. The summed E-state index contributed by atoms with van der Waals surface area (Å²) in [5.41, 5.74) is 0.957. The number of hydrogen-bond donors (Lipinski definition) is 1. The molecule has 3 rings (SSSR count). The zero-order chi connectivity index (χ0) is 16.4. The molecule has 23 heavy (non-hydrogen) atoms. The van der Waals surface area contributed by atoms with Gasteiger partial charge in [-0.3, -0.25) is 14.4 Å². The quantitative estimate of drug-likeness (QED) is 0.897. The molecule has 5 nitrogen and oxygen atoms in total. The Morgan fingerprint density at radius 3 is 2.83 bits per heavy atom. The standard InChI is InChI=1S/C17H28N4OS/c1-4-23-15-8-6-5-7-13(15)18-14-9-10-21(17(14)22)16-11-12(2)19-20(16)3/h11,13-15,18H,4-10H2,1-3H3. The largest absolute Gasteiger partial charge is 0.302 e. The Labute approximate surface area is 143 Å². The molecule has 2 heterocycles. The van der Waals surface area contributed by atoms with Crippen LogP contribution in [-0.2, 0) is 11.8 Å². The first-order valence-electron chi connectivity index (χ1n) is 8.79. The summed E-state index contributed by atoms with van der Waals surface area (Å²) in [6.07, 6.45) is 5.98. The predicted molar refractivity (Wildman–Crippen MR) is 96.0 cm³/mol. The van der Waals surface area contributed by atoms with E-state index in [4.69, 9.17) is 0 Å². The maximum Gasteiger partial charge on any atom is 0.245 e. The molecule has 1 aromatic heterocycles. The van der Waals surface area contributed by atoms with Gasteiger partial charge in [-0.2, -0.15) is 16.9 Å². The minimum absolute atomic E-state index is 0.0340. The molecule has 0 bridgehead atoms. The van der Waals surface area contributed by atoms with E-state index in [1.54, 1.807) is 0 Å². The molecule has 1 aliphatic heterocycles. The lowest BCUT2D eigenvalue weighted by Gasteiger charge is -2.33. The number of amides is 1. The second-order valence-electron chi connectivity index (χ2n) is 6.65. The first-order chi connectivity index (χ1) is 11.1. The first kappa shape index (κ1) is 16.8. The van der Waals surface area contributed by atoms with E-state index in [0.29, 0.717) is 11.3 Å². The molecule has 3 atom stereocenters. The third-order valence-corrected chi connectivity index (χ3v) is 6.28. The summed E-state index contributed by atoms with van der Waals surface area (Å²) in [7, 11) is 1.91. The van der Waals surface area contributed by atoms with Crippen molar-refractivity contribution in [3.63, 3.8) is 0 Å². The van der Waals surface area contributed by atoms with E-state index in [9.17, 15) is 4.79 Å². The summed E-state index contributed by atoms with van der Waals surface area (Å²) in [5.74, 6) is 2.28. The van der Waals surface area contributed by atoms with Crippen LogP contribution in [-0.4, -0.2) is 45.3 Å². The third kappa shape index (κ3) is 3.58. The molecule has 1 saturated carbocycles. The van der Waals surface area contributed by atoms with Gasteiger partial charge in [-0.25, -0.2) is 0 Å². The van der Waals surface area contributed by atoms with Crippen LogP contribution in [0, 0.1) is 6.92 Å². The number of anilines is 1. The molecule has 1 N–H and O–H groups in total. The van der Waals surface area contributed by atoms with Crippen molar-refractivity contribution >= 4 is 23.5 Å². The van der Waals surface area contributed by atoms with E-state index in [2.05, 4.69) is 17.3 Å². The van der Waals surface area contributed by atoms with Crippen LogP contribution in [0.15, 0.2) is 6.07 Å². The van der Waals surface area contributed by atoms with Crippen LogP contribution in [0.4, 0.5) is 5.82 Å². The highest BCUT2D eigenvalue weighted by atomic mass is 32.2. The first-order valence-corrected chi connectivity index (χ1v) is 9.84. The second kappa shape index (κ2) is 7.26. The number of carbonyl (C=O) groups excluding carboxylic acids is 1. The van der Waals surface area contributed by atoms with Crippen molar-refractivity contribution < 1.29 is 4.79 Å². The molecule has 3 unspecified atom stereocenters. The van der Waals surface area contributed by atoms with Crippen LogP contribution in [0.3, 0.4) is 0 Å². The predicted octanol–water partition coefficient (Wildman–Crippen LogP) is 2.49.